The molecule has 2 bridgehead atoms. The number of piperidine rings is 2. The molecule has 6 rings (SSSR count). The van der Waals surface area contributed by atoms with Crippen molar-refractivity contribution in [2.24, 2.45) is 17.8 Å². The van der Waals surface area contributed by atoms with E-state index in [1.807, 2.05) is 37.3 Å². The number of aliphatic hydroxyl groups is 1. The first-order valence-electron chi connectivity index (χ1n) is 14.5. The van der Waals surface area contributed by atoms with Crippen molar-refractivity contribution in [1.29, 1.82) is 0 Å². The van der Waals surface area contributed by atoms with Crippen molar-refractivity contribution >= 4 is 28.3 Å². The second kappa shape index (κ2) is 11.4. The van der Waals surface area contributed by atoms with Gasteiger partial charge in [-0.2, -0.15) is 0 Å². The van der Waals surface area contributed by atoms with E-state index in [2.05, 4.69) is 23.3 Å². The fraction of sp³-hybridized carbons (Fsp3) is 0.469. The number of anilines is 1. The fourth-order valence-corrected chi connectivity index (χ4v) is 7.60. The number of benzene rings is 2. The zero-order valence-electron chi connectivity index (χ0n) is 23.6. The molecule has 3 fully saturated rings. The van der Waals surface area contributed by atoms with Gasteiger partial charge in [0.25, 0.3) is 5.91 Å². The van der Waals surface area contributed by atoms with Crippen LogP contribution in [-0.2, 0) is 11.4 Å². The van der Waals surface area contributed by atoms with Crippen LogP contribution in [0.5, 0.6) is 5.75 Å². The van der Waals surface area contributed by atoms with Crippen LogP contribution in [0, 0.1) is 31.6 Å². The lowest BCUT2D eigenvalue weighted by molar-refractivity contribution is -0.144. The molecule has 3 atom stereocenters. The minimum Gasteiger partial charge on any atom is -0.488 e. The Kier molecular flexibility index (Phi) is 7.74. The second-order valence-electron chi connectivity index (χ2n) is 11.9. The normalized spacial score (nSPS) is 24.0. The summed E-state index contributed by atoms with van der Waals surface area (Å²) in [7, 11) is 0. The Morgan fingerprint density at radius 3 is 2.54 bits per heavy atom. The molecule has 3 heterocycles. The summed E-state index contributed by atoms with van der Waals surface area (Å²) < 4.78 is 6.34. The van der Waals surface area contributed by atoms with Gasteiger partial charge in [-0.15, -0.1) is 11.3 Å². The zero-order valence-corrected chi connectivity index (χ0v) is 24.4. The smallest absolute Gasteiger partial charge is 0.307 e. The van der Waals surface area contributed by atoms with E-state index in [1.54, 1.807) is 16.2 Å². The van der Waals surface area contributed by atoms with Crippen LogP contribution in [0.1, 0.15) is 52.7 Å². The lowest BCUT2D eigenvalue weighted by Crippen LogP contribution is -2.44. The summed E-state index contributed by atoms with van der Waals surface area (Å²) in [6.07, 6.45) is 3.07. The van der Waals surface area contributed by atoms with Crippen LogP contribution in [-0.4, -0.2) is 64.3 Å². The molecular weight excluding hydrogens is 538 g/mol. The minimum absolute atomic E-state index is 0.0420. The molecule has 2 saturated heterocycles. The molecule has 9 heteroatoms. The predicted molar refractivity (Wildman–Crippen MR) is 158 cm³/mol. The average Bonchev–Trinajstić information content (AvgIpc) is 3.55. The van der Waals surface area contributed by atoms with Crippen LogP contribution in [0.3, 0.4) is 0 Å². The molecule has 2 N–H and O–H groups in total. The van der Waals surface area contributed by atoms with Crippen molar-refractivity contribution in [3.8, 4) is 17.0 Å². The van der Waals surface area contributed by atoms with Crippen molar-refractivity contribution < 1.29 is 24.5 Å². The number of aliphatic carboxylic acids is 1. The maximum absolute atomic E-state index is 13.0. The SMILES string of the molecule is Cc1ccc(OCc2ccc(C(=O)N3CCC[C@H](O)C3)cc2C)c(-c2csc(N3CC4CCC(C3)C4C(=O)O)n2)c1. The number of aryl methyl sites for hydroxylation is 2. The first kappa shape index (κ1) is 27.7. The number of carboxylic acid groups (broad SMARTS) is 1. The van der Waals surface area contributed by atoms with E-state index in [0.717, 1.165) is 77.6 Å². The van der Waals surface area contributed by atoms with Gasteiger partial charge in [0, 0.05) is 42.7 Å². The van der Waals surface area contributed by atoms with E-state index >= 15 is 0 Å². The van der Waals surface area contributed by atoms with E-state index in [9.17, 15) is 19.8 Å². The quantitative estimate of drug-likeness (QED) is 0.402. The number of nitrogens with zero attached hydrogens (tertiary/aromatic N) is 3. The van der Waals surface area contributed by atoms with Crippen LogP contribution in [0.25, 0.3) is 11.3 Å². The van der Waals surface area contributed by atoms with Crippen molar-refractivity contribution in [1.82, 2.24) is 9.88 Å². The molecule has 3 aromatic rings. The topological polar surface area (TPSA) is 103 Å². The Morgan fingerprint density at radius 1 is 1.05 bits per heavy atom. The van der Waals surface area contributed by atoms with E-state index in [-0.39, 0.29) is 23.7 Å². The monoisotopic (exact) mass is 575 g/mol. The first-order valence-corrected chi connectivity index (χ1v) is 15.4. The molecule has 2 aliphatic heterocycles. The molecule has 1 aliphatic carbocycles. The number of amides is 1. The van der Waals surface area contributed by atoms with Gasteiger partial charge in [0.2, 0.25) is 0 Å². The van der Waals surface area contributed by atoms with Crippen LogP contribution in [0.4, 0.5) is 5.13 Å². The third-order valence-electron chi connectivity index (χ3n) is 8.95. The van der Waals surface area contributed by atoms with Crippen molar-refractivity contribution in [2.45, 2.75) is 52.2 Å². The number of carbonyl (C=O) groups excluding carboxylic acids is 1. The lowest BCUT2D eigenvalue weighted by atomic mass is 9.85. The average molecular weight is 576 g/mol. The number of carboxylic acids is 1. The van der Waals surface area contributed by atoms with Gasteiger partial charge in [0.15, 0.2) is 5.13 Å². The van der Waals surface area contributed by atoms with E-state index in [1.165, 1.54) is 0 Å². The Bertz CT molecular complexity index is 1440. The summed E-state index contributed by atoms with van der Waals surface area (Å²) >= 11 is 1.60. The van der Waals surface area contributed by atoms with Gasteiger partial charge in [-0.1, -0.05) is 17.7 Å². The number of likely N-dealkylation sites (tertiary alicyclic amines) is 1. The maximum Gasteiger partial charge on any atom is 0.307 e. The lowest BCUT2D eigenvalue weighted by Gasteiger charge is -2.35. The molecule has 1 aromatic heterocycles. The first-order chi connectivity index (χ1) is 19.8. The van der Waals surface area contributed by atoms with Crippen molar-refractivity contribution in [3.05, 3.63) is 64.0 Å². The molecule has 216 valence electrons. The number of aliphatic hydroxyl groups excluding tert-OH is 1. The van der Waals surface area contributed by atoms with Gasteiger partial charge in [-0.3, -0.25) is 9.59 Å². The summed E-state index contributed by atoms with van der Waals surface area (Å²) in [5.74, 6) is 0.201. The Morgan fingerprint density at radius 2 is 1.83 bits per heavy atom. The standard InChI is InChI=1S/C32H37N3O5S/c1-19-5-10-28(40-17-24-9-6-21(13-20(24)2)30(37)34-11-3-4-25(36)16-34)26(12-19)27-18-41-32(33-27)35-14-22-7-8-23(15-35)29(22)31(38)39/h5-6,9-10,12-13,18,22-23,25,29,36H,3-4,7-8,11,14-17H2,1-2H3,(H,38,39)/t22?,23?,25-,29?/m0/s1. The highest BCUT2D eigenvalue weighted by atomic mass is 32.1. The highest BCUT2D eigenvalue weighted by molar-refractivity contribution is 7.14. The largest absolute Gasteiger partial charge is 0.488 e. The Hall–Kier alpha value is -3.43. The number of rotatable bonds is 7. The molecule has 1 saturated carbocycles. The number of β-amino-alcohol motifs (C(OH)–C–C–N with tert-alkyl or cyclic N) is 1. The zero-order chi connectivity index (χ0) is 28.7. The van der Waals surface area contributed by atoms with Crippen molar-refractivity contribution in [3.63, 3.8) is 0 Å². The maximum atomic E-state index is 13.0. The summed E-state index contributed by atoms with van der Waals surface area (Å²) in [5.41, 5.74) is 5.53. The molecule has 1 amide bonds. The molecule has 3 aliphatic rings. The number of aromatic nitrogens is 1. The van der Waals surface area contributed by atoms with Gasteiger partial charge < -0.3 is 24.7 Å². The molecule has 2 aromatic carbocycles. The molecular formula is C32H37N3O5S. The summed E-state index contributed by atoms with van der Waals surface area (Å²) in [4.78, 5) is 33.7. The van der Waals surface area contributed by atoms with Gasteiger partial charge in [-0.25, -0.2) is 4.98 Å². The summed E-state index contributed by atoms with van der Waals surface area (Å²) in [6, 6.07) is 11.8. The molecule has 2 unspecified atom stereocenters. The third kappa shape index (κ3) is 5.70. The Labute approximate surface area is 244 Å². The van der Waals surface area contributed by atoms with E-state index < -0.39 is 12.1 Å². The highest BCUT2D eigenvalue weighted by Gasteiger charge is 2.46. The van der Waals surface area contributed by atoms with Gasteiger partial charge in [0.05, 0.1) is 17.7 Å². The number of fused-ring (bicyclic) bond motifs is 2. The van der Waals surface area contributed by atoms with Crippen LogP contribution >= 0.6 is 11.3 Å². The number of carbonyl (C=O) groups is 2. The molecule has 0 spiro atoms. The van der Waals surface area contributed by atoms with Crippen LogP contribution < -0.4 is 9.64 Å². The number of thiazole rings is 1. The minimum atomic E-state index is -0.656. The number of hydrogen-bond acceptors (Lipinski definition) is 7. The Balaban J connectivity index is 1.16. The molecule has 0 radical (unpaired) electrons. The van der Waals surface area contributed by atoms with Gasteiger partial charge in [-0.05, 0) is 86.8 Å². The van der Waals surface area contributed by atoms with E-state index in [4.69, 9.17) is 9.72 Å². The predicted octanol–water partition coefficient (Wildman–Crippen LogP) is 5.15. The molecule has 41 heavy (non-hydrogen) atoms. The van der Waals surface area contributed by atoms with Crippen LogP contribution in [0.15, 0.2) is 41.8 Å². The van der Waals surface area contributed by atoms with Crippen molar-refractivity contribution in [2.75, 3.05) is 31.1 Å². The van der Waals surface area contributed by atoms with Gasteiger partial charge in [0.1, 0.15) is 12.4 Å². The summed E-state index contributed by atoms with van der Waals surface area (Å²) in [5, 5.41) is 22.6. The molecule has 8 nitrogen and oxygen atoms in total. The second-order valence-corrected chi connectivity index (χ2v) is 12.7. The number of ether oxygens (including phenoxy) is 1. The highest BCUT2D eigenvalue weighted by Crippen LogP contribution is 2.44. The van der Waals surface area contributed by atoms with Crippen LogP contribution in [0.2, 0.25) is 0 Å². The summed E-state index contributed by atoms with van der Waals surface area (Å²) in [6.45, 7) is 6.96. The third-order valence-corrected chi connectivity index (χ3v) is 9.85. The van der Waals surface area contributed by atoms with E-state index in [0.29, 0.717) is 25.3 Å². The van der Waals surface area contributed by atoms with Gasteiger partial charge >= 0.3 is 5.97 Å². The fourth-order valence-electron chi connectivity index (χ4n) is 6.75. The number of hydrogen-bond donors (Lipinski definition) is 2.